The molecule has 0 bridgehead atoms. The maximum Gasteiger partial charge on any atom is 0.253 e. The molecule has 1 fully saturated rings. The SMILES string of the molecule is CN1CCC(NC(=O)c2cc(F)ccc2I)C1=O. The first-order valence-corrected chi connectivity index (χ1v) is 6.58. The predicted molar refractivity (Wildman–Crippen MR) is 72.6 cm³/mol. The maximum atomic E-state index is 13.1. The van der Waals surface area contributed by atoms with Crippen molar-refractivity contribution in [2.45, 2.75) is 12.5 Å². The first kappa shape index (κ1) is 13.3. The molecule has 2 amide bonds. The van der Waals surface area contributed by atoms with Gasteiger partial charge in [0, 0.05) is 17.2 Å². The number of amides is 2. The number of halogens is 2. The van der Waals surface area contributed by atoms with E-state index in [4.69, 9.17) is 0 Å². The number of hydrogen-bond donors (Lipinski definition) is 1. The second-order valence-corrected chi connectivity index (χ2v) is 5.36. The summed E-state index contributed by atoms with van der Waals surface area (Å²) in [6, 6.07) is 3.52. The molecule has 1 saturated heterocycles. The standard InChI is InChI=1S/C12H12FIN2O2/c1-16-5-4-10(12(16)18)15-11(17)8-6-7(13)2-3-9(8)14/h2-3,6,10H,4-5H2,1H3,(H,15,17). The van der Waals surface area contributed by atoms with Gasteiger partial charge in [-0.1, -0.05) is 0 Å². The molecule has 1 heterocycles. The summed E-state index contributed by atoms with van der Waals surface area (Å²) in [5, 5.41) is 2.64. The van der Waals surface area contributed by atoms with Crippen LogP contribution in [-0.2, 0) is 4.79 Å². The topological polar surface area (TPSA) is 49.4 Å². The highest BCUT2D eigenvalue weighted by molar-refractivity contribution is 14.1. The van der Waals surface area contributed by atoms with Crippen LogP contribution in [0.15, 0.2) is 18.2 Å². The third-order valence-electron chi connectivity index (χ3n) is 2.91. The van der Waals surface area contributed by atoms with Crippen LogP contribution in [0.25, 0.3) is 0 Å². The lowest BCUT2D eigenvalue weighted by molar-refractivity contribution is -0.128. The number of rotatable bonds is 2. The van der Waals surface area contributed by atoms with Crippen LogP contribution in [0.4, 0.5) is 4.39 Å². The van der Waals surface area contributed by atoms with E-state index < -0.39 is 17.8 Å². The fourth-order valence-corrected chi connectivity index (χ4v) is 2.44. The Labute approximate surface area is 118 Å². The van der Waals surface area contributed by atoms with E-state index in [1.54, 1.807) is 11.9 Å². The smallest absolute Gasteiger partial charge is 0.253 e. The van der Waals surface area contributed by atoms with Gasteiger partial charge < -0.3 is 10.2 Å². The molecule has 1 aromatic rings. The summed E-state index contributed by atoms with van der Waals surface area (Å²) < 4.78 is 13.8. The van der Waals surface area contributed by atoms with Crippen molar-refractivity contribution < 1.29 is 14.0 Å². The molecule has 2 rings (SSSR count). The summed E-state index contributed by atoms with van der Waals surface area (Å²) in [6.07, 6.45) is 0.590. The molecule has 6 heteroatoms. The Morgan fingerprint density at radius 3 is 2.89 bits per heavy atom. The largest absolute Gasteiger partial charge is 0.344 e. The van der Waals surface area contributed by atoms with E-state index in [-0.39, 0.29) is 11.5 Å². The molecule has 18 heavy (non-hydrogen) atoms. The van der Waals surface area contributed by atoms with Gasteiger partial charge in [0.25, 0.3) is 5.91 Å². The number of nitrogens with zero attached hydrogens (tertiary/aromatic N) is 1. The minimum absolute atomic E-state index is 0.102. The van der Waals surface area contributed by atoms with Gasteiger partial charge in [-0.25, -0.2) is 4.39 Å². The number of carbonyl (C=O) groups excluding carboxylic acids is 2. The predicted octanol–water partition coefficient (Wildman–Crippen LogP) is 1.39. The van der Waals surface area contributed by atoms with Crippen LogP contribution in [-0.4, -0.2) is 36.3 Å². The summed E-state index contributed by atoms with van der Waals surface area (Å²) in [4.78, 5) is 25.2. The van der Waals surface area contributed by atoms with E-state index in [1.165, 1.54) is 18.2 Å². The molecule has 0 aromatic heterocycles. The number of likely N-dealkylation sites (tertiary alicyclic amines) is 1. The minimum atomic E-state index is -0.499. The maximum absolute atomic E-state index is 13.1. The minimum Gasteiger partial charge on any atom is -0.344 e. The summed E-state index contributed by atoms with van der Waals surface area (Å²) in [7, 11) is 1.69. The summed E-state index contributed by atoms with van der Waals surface area (Å²) in [5.41, 5.74) is 0.262. The highest BCUT2D eigenvalue weighted by Crippen LogP contribution is 2.15. The van der Waals surface area contributed by atoms with Crippen molar-refractivity contribution in [3.05, 3.63) is 33.1 Å². The molecule has 1 aliphatic heterocycles. The molecule has 0 spiro atoms. The lowest BCUT2D eigenvalue weighted by atomic mass is 10.2. The molecule has 1 aromatic carbocycles. The van der Waals surface area contributed by atoms with Crippen LogP contribution in [0.5, 0.6) is 0 Å². The zero-order chi connectivity index (χ0) is 13.3. The Morgan fingerprint density at radius 1 is 1.56 bits per heavy atom. The Balaban J connectivity index is 2.13. The fraction of sp³-hybridized carbons (Fsp3) is 0.333. The fourth-order valence-electron chi connectivity index (χ4n) is 1.86. The molecule has 1 aliphatic rings. The van der Waals surface area contributed by atoms with Crippen LogP contribution >= 0.6 is 22.6 Å². The van der Waals surface area contributed by atoms with Crippen molar-refractivity contribution >= 4 is 34.4 Å². The third-order valence-corrected chi connectivity index (χ3v) is 3.85. The third kappa shape index (κ3) is 2.63. The Kier molecular flexibility index (Phi) is 3.84. The van der Waals surface area contributed by atoms with Gasteiger partial charge in [0.05, 0.1) is 5.56 Å². The van der Waals surface area contributed by atoms with Crippen LogP contribution in [0.3, 0.4) is 0 Å². The van der Waals surface area contributed by atoms with E-state index in [1.807, 2.05) is 22.6 Å². The monoisotopic (exact) mass is 362 g/mol. The van der Waals surface area contributed by atoms with Gasteiger partial charge in [-0.2, -0.15) is 0 Å². The molecule has 0 saturated carbocycles. The van der Waals surface area contributed by atoms with Crippen molar-refractivity contribution in [1.82, 2.24) is 10.2 Å². The van der Waals surface area contributed by atoms with E-state index >= 15 is 0 Å². The van der Waals surface area contributed by atoms with Crippen molar-refractivity contribution in [3.63, 3.8) is 0 Å². The van der Waals surface area contributed by atoms with Crippen LogP contribution in [0.2, 0.25) is 0 Å². The Bertz CT molecular complexity index is 507. The second-order valence-electron chi connectivity index (χ2n) is 4.20. The average molecular weight is 362 g/mol. The van der Waals surface area contributed by atoms with Crippen molar-refractivity contribution in [2.75, 3.05) is 13.6 Å². The summed E-state index contributed by atoms with van der Waals surface area (Å²) in [5.74, 6) is -0.974. The molecule has 1 N–H and O–H groups in total. The molecule has 0 radical (unpaired) electrons. The Morgan fingerprint density at radius 2 is 2.28 bits per heavy atom. The molecule has 4 nitrogen and oxygen atoms in total. The zero-order valence-corrected chi connectivity index (χ0v) is 11.9. The van der Waals surface area contributed by atoms with Crippen LogP contribution in [0.1, 0.15) is 16.8 Å². The normalized spacial score (nSPS) is 19.2. The second kappa shape index (κ2) is 5.21. The van der Waals surface area contributed by atoms with Crippen molar-refractivity contribution in [1.29, 1.82) is 0 Å². The highest BCUT2D eigenvalue weighted by Gasteiger charge is 2.30. The highest BCUT2D eigenvalue weighted by atomic mass is 127. The van der Waals surface area contributed by atoms with Gasteiger partial charge in [0.2, 0.25) is 5.91 Å². The van der Waals surface area contributed by atoms with E-state index in [9.17, 15) is 14.0 Å². The zero-order valence-electron chi connectivity index (χ0n) is 9.74. The number of nitrogens with one attached hydrogen (secondary N) is 1. The summed E-state index contributed by atoms with van der Waals surface area (Å²) >= 11 is 1.97. The Hall–Kier alpha value is -1.18. The van der Waals surface area contributed by atoms with Gasteiger partial charge >= 0.3 is 0 Å². The quantitative estimate of drug-likeness (QED) is 0.809. The van der Waals surface area contributed by atoms with Gasteiger partial charge in [0.1, 0.15) is 11.9 Å². The molecule has 1 atom stereocenters. The van der Waals surface area contributed by atoms with Crippen LogP contribution in [0, 0.1) is 9.39 Å². The number of hydrogen-bond acceptors (Lipinski definition) is 2. The summed E-state index contributed by atoms with van der Waals surface area (Å²) in [6.45, 7) is 0.629. The van der Waals surface area contributed by atoms with E-state index in [0.717, 1.165) is 0 Å². The molecule has 96 valence electrons. The molecular formula is C12H12FIN2O2. The van der Waals surface area contributed by atoms with Gasteiger partial charge in [-0.15, -0.1) is 0 Å². The van der Waals surface area contributed by atoms with E-state index in [2.05, 4.69) is 5.32 Å². The first-order chi connectivity index (χ1) is 8.49. The average Bonchev–Trinajstić information content (AvgIpc) is 2.64. The molecule has 1 unspecified atom stereocenters. The van der Waals surface area contributed by atoms with Crippen LogP contribution < -0.4 is 5.32 Å². The van der Waals surface area contributed by atoms with Crippen molar-refractivity contribution in [3.8, 4) is 0 Å². The number of benzene rings is 1. The lowest BCUT2D eigenvalue weighted by Gasteiger charge is -2.13. The first-order valence-electron chi connectivity index (χ1n) is 5.50. The number of carbonyl (C=O) groups is 2. The van der Waals surface area contributed by atoms with E-state index in [0.29, 0.717) is 16.5 Å². The molecule has 0 aliphatic carbocycles. The van der Waals surface area contributed by atoms with Gasteiger partial charge in [0.15, 0.2) is 0 Å². The van der Waals surface area contributed by atoms with Gasteiger partial charge in [-0.3, -0.25) is 9.59 Å². The lowest BCUT2D eigenvalue weighted by Crippen LogP contribution is -2.40. The van der Waals surface area contributed by atoms with Gasteiger partial charge in [-0.05, 0) is 47.2 Å². The number of likely N-dealkylation sites (N-methyl/N-ethyl adjacent to an activating group) is 1. The molecular weight excluding hydrogens is 350 g/mol. The van der Waals surface area contributed by atoms with Crippen molar-refractivity contribution in [2.24, 2.45) is 0 Å².